The van der Waals surface area contributed by atoms with Crippen LogP contribution < -0.4 is 4.74 Å². The molecule has 0 aliphatic rings. The van der Waals surface area contributed by atoms with Gasteiger partial charge in [-0.2, -0.15) is 0 Å². The molecule has 0 radical (unpaired) electrons. The molecule has 0 spiro atoms. The molecule has 0 atom stereocenters. The zero-order valence-corrected chi connectivity index (χ0v) is 9.41. The van der Waals surface area contributed by atoms with Gasteiger partial charge in [-0.1, -0.05) is 12.2 Å². The molecule has 0 aliphatic carbocycles. The molecule has 0 bridgehead atoms. The third kappa shape index (κ3) is 3.24. The number of benzene rings is 1. The van der Waals surface area contributed by atoms with Crippen molar-refractivity contribution in [2.75, 3.05) is 6.61 Å². The molecule has 0 amide bonds. The number of Topliss-reactive ketones (excluding diaryl/α,β-unsaturated/α-hetero) is 1. The third-order valence-corrected chi connectivity index (χ3v) is 2.15. The van der Waals surface area contributed by atoms with Crippen molar-refractivity contribution < 1.29 is 9.53 Å². The molecule has 1 rings (SSSR count). The van der Waals surface area contributed by atoms with Crippen molar-refractivity contribution >= 4 is 5.78 Å². The number of ketones is 1. The summed E-state index contributed by atoms with van der Waals surface area (Å²) >= 11 is 0. The van der Waals surface area contributed by atoms with Gasteiger partial charge in [0.1, 0.15) is 12.4 Å². The van der Waals surface area contributed by atoms with E-state index in [9.17, 15) is 4.79 Å². The van der Waals surface area contributed by atoms with Gasteiger partial charge in [-0.05, 0) is 44.5 Å². The van der Waals surface area contributed by atoms with E-state index in [0.717, 1.165) is 16.9 Å². The number of rotatable bonds is 4. The molecule has 1 aromatic carbocycles. The molecular weight excluding hydrogens is 188 g/mol. The maximum Gasteiger partial charge on any atom is 0.159 e. The number of carbonyl (C=O) groups excluding carboxylic acids is 1. The van der Waals surface area contributed by atoms with Crippen LogP contribution in [-0.4, -0.2) is 12.4 Å². The van der Waals surface area contributed by atoms with Crippen molar-refractivity contribution in [3.63, 3.8) is 0 Å². The molecule has 2 heteroatoms. The fraction of sp³-hybridized carbons (Fsp3) is 0.308. The second-order valence-electron chi connectivity index (χ2n) is 3.42. The lowest BCUT2D eigenvalue weighted by Crippen LogP contribution is -1.98. The highest BCUT2D eigenvalue weighted by atomic mass is 16.5. The number of aryl methyl sites for hydroxylation is 1. The molecule has 0 saturated heterocycles. The minimum atomic E-state index is 0.0816. The van der Waals surface area contributed by atoms with Crippen molar-refractivity contribution in [2.24, 2.45) is 0 Å². The lowest BCUT2D eigenvalue weighted by atomic mass is 10.1. The Morgan fingerprint density at radius 2 is 2.20 bits per heavy atom. The number of allylic oxidation sites excluding steroid dienone is 1. The molecule has 0 heterocycles. The van der Waals surface area contributed by atoms with Crippen molar-refractivity contribution in [1.29, 1.82) is 0 Å². The Morgan fingerprint density at radius 1 is 1.47 bits per heavy atom. The SMILES string of the molecule is C/C=C/COc1ccc(C(C)=O)cc1C. The predicted octanol–water partition coefficient (Wildman–Crippen LogP) is 3.15. The van der Waals surface area contributed by atoms with E-state index in [4.69, 9.17) is 4.74 Å². The summed E-state index contributed by atoms with van der Waals surface area (Å²) in [6, 6.07) is 5.49. The largest absolute Gasteiger partial charge is 0.489 e. The highest BCUT2D eigenvalue weighted by Gasteiger charge is 2.03. The van der Waals surface area contributed by atoms with Crippen molar-refractivity contribution in [2.45, 2.75) is 20.8 Å². The first kappa shape index (κ1) is 11.5. The van der Waals surface area contributed by atoms with Crippen molar-refractivity contribution in [1.82, 2.24) is 0 Å². The molecule has 15 heavy (non-hydrogen) atoms. The van der Waals surface area contributed by atoms with Crippen LogP contribution in [0.1, 0.15) is 29.8 Å². The summed E-state index contributed by atoms with van der Waals surface area (Å²) in [6.07, 6.45) is 3.89. The summed E-state index contributed by atoms with van der Waals surface area (Å²) in [6.45, 7) is 6.03. The second-order valence-corrected chi connectivity index (χ2v) is 3.42. The lowest BCUT2D eigenvalue weighted by Gasteiger charge is -2.07. The van der Waals surface area contributed by atoms with Gasteiger partial charge in [0.2, 0.25) is 0 Å². The fourth-order valence-corrected chi connectivity index (χ4v) is 1.26. The van der Waals surface area contributed by atoms with Crippen LogP contribution in [0.4, 0.5) is 0 Å². The van der Waals surface area contributed by atoms with Gasteiger partial charge in [0, 0.05) is 5.56 Å². The smallest absolute Gasteiger partial charge is 0.159 e. The first-order chi connectivity index (χ1) is 7.15. The molecule has 0 fully saturated rings. The van der Waals surface area contributed by atoms with Crippen LogP contribution in [-0.2, 0) is 0 Å². The summed E-state index contributed by atoms with van der Waals surface area (Å²) in [5.74, 6) is 0.913. The molecule has 0 unspecified atom stereocenters. The molecule has 0 saturated carbocycles. The number of hydrogen-bond donors (Lipinski definition) is 0. The summed E-state index contributed by atoms with van der Waals surface area (Å²) < 4.78 is 5.51. The predicted molar refractivity (Wildman–Crippen MR) is 61.5 cm³/mol. The standard InChI is InChI=1S/C13H16O2/c1-4-5-8-15-13-7-6-12(11(3)14)9-10(13)2/h4-7,9H,8H2,1-3H3/b5-4+. The third-order valence-electron chi connectivity index (χ3n) is 2.15. The van der Waals surface area contributed by atoms with Crippen LogP contribution in [0.25, 0.3) is 0 Å². The quantitative estimate of drug-likeness (QED) is 0.556. The van der Waals surface area contributed by atoms with E-state index in [1.54, 1.807) is 13.0 Å². The van der Waals surface area contributed by atoms with Gasteiger partial charge in [0.25, 0.3) is 0 Å². The van der Waals surface area contributed by atoms with E-state index in [-0.39, 0.29) is 5.78 Å². The van der Waals surface area contributed by atoms with Gasteiger partial charge in [-0.15, -0.1) is 0 Å². The van der Waals surface area contributed by atoms with E-state index in [2.05, 4.69) is 0 Å². The maximum atomic E-state index is 11.1. The first-order valence-electron chi connectivity index (χ1n) is 5.00. The van der Waals surface area contributed by atoms with E-state index in [1.165, 1.54) is 0 Å². The number of ether oxygens (including phenoxy) is 1. The highest BCUT2D eigenvalue weighted by Crippen LogP contribution is 2.19. The van der Waals surface area contributed by atoms with Gasteiger partial charge in [-0.25, -0.2) is 0 Å². The summed E-state index contributed by atoms with van der Waals surface area (Å²) in [5.41, 5.74) is 1.72. The Hall–Kier alpha value is -1.57. The lowest BCUT2D eigenvalue weighted by molar-refractivity contribution is 0.101. The van der Waals surface area contributed by atoms with E-state index in [1.807, 2.05) is 38.1 Å². The van der Waals surface area contributed by atoms with E-state index < -0.39 is 0 Å². The summed E-state index contributed by atoms with van der Waals surface area (Å²) in [7, 11) is 0. The van der Waals surface area contributed by atoms with Gasteiger partial charge >= 0.3 is 0 Å². The van der Waals surface area contributed by atoms with Crippen LogP contribution in [0.3, 0.4) is 0 Å². The normalized spacial score (nSPS) is 10.6. The average molecular weight is 204 g/mol. The Bertz CT molecular complexity index is 378. The van der Waals surface area contributed by atoms with Crippen LogP contribution in [0.2, 0.25) is 0 Å². The van der Waals surface area contributed by atoms with Crippen LogP contribution in [0.5, 0.6) is 5.75 Å². The van der Waals surface area contributed by atoms with Gasteiger partial charge in [0.15, 0.2) is 5.78 Å². The zero-order chi connectivity index (χ0) is 11.3. The maximum absolute atomic E-state index is 11.1. The summed E-state index contributed by atoms with van der Waals surface area (Å²) in [5, 5.41) is 0. The van der Waals surface area contributed by atoms with Gasteiger partial charge in [0.05, 0.1) is 0 Å². The Balaban J connectivity index is 2.79. The molecular formula is C13H16O2. The molecule has 80 valence electrons. The monoisotopic (exact) mass is 204 g/mol. The van der Waals surface area contributed by atoms with Crippen molar-refractivity contribution in [3.05, 3.63) is 41.5 Å². The van der Waals surface area contributed by atoms with Gasteiger partial charge < -0.3 is 4.74 Å². The number of hydrogen-bond acceptors (Lipinski definition) is 2. The summed E-state index contributed by atoms with van der Waals surface area (Å²) in [4.78, 5) is 11.1. The van der Waals surface area contributed by atoms with E-state index in [0.29, 0.717) is 6.61 Å². The van der Waals surface area contributed by atoms with Gasteiger partial charge in [-0.3, -0.25) is 4.79 Å². The van der Waals surface area contributed by atoms with E-state index >= 15 is 0 Å². The Morgan fingerprint density at radius 3 is 2.73 bits per heavy atom. The molecule has 0 N–H and O–H groups in total. The minimum Gasteiger partial charge on any atom is -0.489 e. The van der Waals surface area contributed by atoms with Crippen LogP contribution in [0, 0.1) is 6.92 Å². The van der Waals surface area contributed by atoms with Crippen LogP contribution >= 0.6 is 0 Å². The Labute approximate surface area is 90.6 Å². The molecule has 0 aromatic heterocycles. The minimum absolute atomic E-state index is 0.0816. The van der Waals surface area contributed by atoms with Crippen LogP contribution in [0.15, 0.2) is 30.4 Å². The molecule has 1 aromatic rings. The fourth-order valence-electron chi connectivity index (χ4n) is 1.26. The highest BCUT2D eigenvalue weighted by molar-refractivity contribution is 5.94. The first-order valence-corrected chi connectivity index (χ1v) is 5.00. The Kier molecular flexibility index (Phi) is 4.10. The second kappa shape index (κ2) is 5.35. The zero-order valence-electron chi connectivity index (χ0n) is 9.41. The topological polar surface area (TPSA) is 26.3 Å². The molecule has 0 aliphatic heterocycles. The molecule has 2 nitrogen and oxygen atoms in total. The average Bonchev–Trinajstić information content (AvgIpc) is 2.20. The van der Waals surface area contributed by atoms with Crippen molar-refractivity contribution in [3.8, 4) is 5.75 Å². The number of carbonyl (C=O) groups is 1.